The third kappa shape index (κ3) is 4.54. The first-order chi connectivity index (χ1) is 12.2. The van der Waals surface area contributed by atoms with Gasteiger partial charge in [-0.25, -0.2) is 4.98 Å². The predicted molar refractivity (Wildman–Crippen MR) is 105 cm³/mol. The molecule has 0 aliphatic carbocycles. The summed E-state index contributed by atoms with van der Waals surface area (Å²) in [5.74, 6) is 3.62. The molecule has 1 aliphatic heterocycles. The molecule has 1 aromatic carbocycles. The fourth-order valence-electron chi connectivity index (χ4n) is 2.96. The van der Waals surface area contributed by atoms with Crippen molar-refractivity contribution in [3.8, 4) is 11.4 Å². The lowest BCUT2D eigenvalue weighted by Crippen LogP contribution is -2.48. The van der Waals surface area contributed by atoms with Crippen molar-refractivity contribution in [2.45, 2.75) is 25.6 Å². The van der Waals surface area contributed by atoms with Crippen LogP contribution in [0.2, 0.25) is 0 Å². The summed E-state index contributed by atoms with van der Waals surface area (Å²) in [5, 5.41) is 11.0. The van der Waals surface area contributed by atoms with E-state index in [0.717, 1.165) is 42.7 Å². The molecule has 1 aliphatic rings. The highest BCUT2D eigenvalue weighted by molar-refractivity contribution is 8.00. The number of nitrogens with one attached hydrogen (secondary N) is 2. The Morgan fingerprint density at radius 2 is 2.36 bits per heavy atom. The first kappa shape index (κ1) is 17.8. The van der Waals surface area contributed by atoms with E-state index < -0.39 is 0 Å². The van der Waals surface area contributed by atoms with Gasteiger partial charge in [-0.15, -0.1) is 0 Å². The van der Waals surface area contributed by atoms with Gasteiger partial charge in [-0.2, -0.15) is 16.9 Å². The van der Waals surface area contributed by atoms with Gasteiger partial charge in [0.05, 0.1) is 0 Å². The number of hydrogen-bond acceptors (Lipinski definition) is 4. The second-order valence-corrected chi connectivity index (χ2v) is 7.88. The molecule has 0 spiro atoms. The van der Waals surface area contributed by atoms with Crippen molar-refractivity contribution >= 4 is 17.7 Å². The van der Waals surface area contributed by atoms with Gasteiger partial charge in [0.15, 0.2) is 11.8 Å². The van der Waals surface area contributed by atoms with E-state index in [2.05, 4.69) is 68.1 Å². The number of nitrogens with zero attached hydrogens (tertiary/aromatic N) is 4. The lowest BCUT2D eigenvalue weighted by molar-refractivity contribution is 0.380. The summed E-state index contributed by atoms with van der Waals surface area (Å²) in [6.07, 6.45) is 1.53. The maximum atomic E-state index is 4.49. The Morgan fingerprint density at radius 3 is 3.08 bits per heavy atom. The van der Waals surface area contributed by atoms with Gasteiger partial charge in [-0.3, -0.25) is 10.1 Å². The molecule has 25 heavy (non-hydrogen) atoms. The molecule has 0 bridgehead atoms. The van der Waals surface area contributed by atoms with E-state index in [1.807, 2.05) is 19.2 Å². The highest BCUT2D eigenvalue weighted by atomic mass is 32.2. The normalized spacial score (nSPS) is 18.6. The van der Waals surface area contributed by atoms with Crippen LogP contribution in [0, 0.1) is 5.92 Å². The average molecular weight is 359 g/mol. The van der Waals surface area contributed by atoms with Gasteiger partial charge < -0.3 is 10.2 Å². The molecule has 1 fully saturated rings. The summed E-state index contributed by atoms with van der Waals surface area (Å²) in [4.78, 5) is 11.1. The lowest BCUT2D eigenvalue weighted by atomic mass is 10.1. The Kier molecular flexibility index (Phi) is 5.96. The molecule has 0 saturated carbocycles. The summed E-state index contributed by atoms with van der Waals surface area (Å²) in [6, 6.07) is 8.32. The average Bonchev–Trinajstić information content (AvgIpc) is 3.17. The van der Waals surface area contributed by atoms with E-state index in [-0.39, 0.29) is 0 Å². The third-order valence-electron chi connectivity index (χ3n) is 4.41. The van der Waals surface area contributed by atoms with Crippen LogP contribution in [0.4, 0.5) is 0 Å². The highest BCUT2D eigenvalue weighted by Crippen LogP contribution is 2.25. The van der Waals surface area contributed by atoms with Gasteiger partial charge >= 0.3 is 0 Å². The molecule has 6 nitrogen and oxygen atoms in total. The zero-order chi connectivity index (χ0) is 17.6. The molecule has 3 rings (SSSR count). The van der Waals surface area contributed by atoms with Gasteiger partial charge in [0, 0.05) is 43.2 Å². The lowest BCUT2D eigenvalue weighted by Gasteiger charge is -2.36. The van der Waals surface area contributed by atoms with Crippen LogP contribution in [0.15, 0.2) is 35.6 Å². The Balaban J connectivity index is 1.63. The Labute approximate surface area is 153 Å². The van der Waals surface area contributed by atoms with Crippen LogP contribution in [0.1, 0.15) is 19.4 Å². The summed E-state index contributed by atoms with van der Waals surface area (Å²) in [6.45, 7) is 7.44. The van der Waals surface area contributed by atoms with Gasteiger partial charge in [-0.05, 0) is 17.5 Å². The van der Waals surface area contributed by atoms with Gasteiger partial charge in [0.2, 0.25) is 0 Å². The van der Waals surface area contributed by atoms with Crippen molar-refractivity contribution in [2.24, 2.45) is 10.9 Å². The van der Waals surface area contributed by atoms with E-state index in [1.165, 1.54) is 11.9 Å². The number of aromatic amines is 1. The molecule has 1 aromatic heterocycles. The summed E-state index contributed by atoms with van der Waals surface area (Å²) < 4.78 is 0. The topological polar surface area (TPSA) is 69.2 Å². The third-order valence-corrected chi connectivity index (χ3v) is 5.95. The molecule has 134 valence electrons. The molecule has 2 N–H and O–H groups in total. The number of thioether (sulfide) groups is 1. The second-order valence-electron chi connectivity index (χ2n) is 6.53. The van der Waals surface area contributed by atoms with Crippen molar-refractivity contribution < 1.29 is 0 Å². The number of aliphatic imine (C=N–C) groups is 1. The number of guanidine groups is 1. The molecule has 2 aromatic rings. The molecule has 1 unspecified atom stereocenters. The maximum absolute atomic E-state index is 4.49. The van der Waals surface area contributed by atoms with Crippen molar-refractivity contribution in [1.82, 2.24) is 25.4 Å². The first-order valence-corrected chi connectivity index (χ1v) is 9.74. The molecule has 7 heteroatoms. The minimum absolute atomic E-state index is 0.669. The fourth-order valence-corrected chi connectivity index (χ4v) is 4.26. The number of rotatable bonds is 4. The first-order valence-electron chi connectivity index (χ1n) is 8.69. The smallest absolute Gasteiger partial charge is 0.193 e. The minimum atomic E-state index is 0.669. The molecule has 1 saturated heterocycles. The van der Waals surface area contributed by atoms with Crippen LogP contribution in [-0.4, -0.2) is 57.2 Å². The number of aromatic nitrogens is 3. The highest BCUT2D eigenvalue weighted by Gasteiger charge is 2.24. The van der Waals surface area contributed by atoms with Crippen molar-refractivity contribution in [3.05, 3.63) is 36.2 Å². The monoisotopic (exact) mass is 358 g/mol. The Bertz CT molecular complexity index is 697. The van der Waals surface area contributed by atoms with E-state index in [0.29, 0.717) is 11.2 Å². The van der Waals surface area contributed by atoms with E-state index in [4.69, 9.17) is 0 Å². The Hall–Kier alpha value is -2.02. The SMILES string of the molecule is CN=C(NCc1cccc(-c2ncn[nH]2)c1)N1CCSC(C(C)C)C1. The van der Waals surface area contributed by atoms with Crippen molar-refractivity contribution in [1.29, 1.82) is 0 Å². The number of H-pyrrole nitrogens is 1. The molecule has 0 radical (unpaired) electrons. The van der Waals surface area contributed by atoms with Crippen LogP contribution >= 0.6 is 11.8 Å². The maximum Gasteiger partial charge on any atom is 0.193 e. The van der Waals surface area contributed by atoms with E-state index in [1.54, 1.807) is 0 Å². The van der Waals surface area contributed by atoms with Gasteiger partial charge in [0.1, 0.15) is 6.33 Å². The molecular weight excluding hydrogens is 332 g/mol. The van der Waals surface area contributed by atoms with Crippen LogP contribution in [0.3, 0.4) is 0 Å². The van der Waals surface area contributed by atoms with Crippen LogP contribution in [0.5, 0.6) is 0 Å². The predicted octanol–water partition coefficient (Wildman–Crippen LogP) is 2.62. The summed E-state index contributed by atoms with van der Waals surface area (Å²) in [7, 11) is 1.86. The quantitative estimate of drug-likeness (QED) is 0.649. The van der Waals surface area contributed by atoms with E-state index >= 15 is 0 Å². The van der Waals surface area contributed by atoms with Crippen LogP contribution in [-0.2, 0) is 6.54 Å². The van der Waals surface area contributed by atoms with Gasteiger partial charge in [0.25, 0.3) is 0 Å². The minimum Gasteiger partial charge on any atom is -0.352 e. The summed E-state index contributed by atoms with van der Waals surface area (Å²) >= 11 is 2.08. The second kappa shape index (κ2) is 8.38. The molecule has 0 amide bonds. The fraction of sp³-hybridized carbons (Fsp3) is 0.500. The zero-order valence-corrected chi connectivity index (χ0v) is 15.9. The van der Waals surface area contributed by atoms with Crippen molar-refractivity contribution in [3.63, 3.8) is 0 Å². The van der Waals surface area contributed by atoms with Crippen LogP contribution in [0.25, 0.3) is 11.4 Å². The standard InChI is InChI=1S/C18H26N6S/c1-13(2)16-11-24(7-8-25-16)18(19-3)20-10-14-5-4-6-15(9-14)17-21-12-22-23-17/h4-6,9,12-13,16H,7-8,10-11H2,1-3H3,(H,19,20)(H,21,22,23). The van der Waals surface area contributed by atoms with Crippen LogP contribution < -0.4 is 5.32 Å². The molecule has 2 heterocycles. The number of benzene rings is 1. The molecular formula is C18H26N6S. The van der Waals surface area contributed by atoms with E-state index in [9.17, 15) is 0 Å². The number of hydrogen-bond donors (Lipinski definition) is 2. The molecule has 1 atom stereocenters. The Morgan fingerprint density at radius 1 is 1.48 bits per heavy atom. The largest absolute Gasteiger partial charge is 0.352 e. The summed E-state index contributed by atoms with van der Waals surface area (Å²) in [5.41, 5.74) is 2.24. The zero-order valence-electron chi connectivity index (χ0n) is 15.1. The van der Waals surface area contributed by atoms with Crippen molar-refractivity contribution in [2.75, 3.05) is 25.9 Å². The van der Waals surface area contributed by atoms with Gasteiger partial charge in [-0.1, -0.05) is 32.0 Å².